The fraction of sp³-hybridized carbons (Fsp3) is 0.385. The Kier molecular flexibility index (Phi) is 2.98. The molecule has 1 unspecified atom stereocenters. The second-order valence-corrected chi connectivity index (χ2v) is 4.41. The van der Waals surface area contributed by atoms with Crippen LogP contribution in [0.5, 0.6) is 5.75 Å². The van der Waals surface area contributed by atoms with E-state index in [0.29, 0.717) is 24.7 Å². The van der Waals surface area contributed by atoms with E-state index < -0.39 is 0 Å². The van der Waals surface area contributed by atoms with Crippen molar-refractivity contribution in [3.8, 4) is 5.75 Å². The topological polar surface area (TPSA) is 68.4 Å². The first-order valence-corrected chi connectivity index (χ1v) is 6.00. The summed E-state index contributed by atoms with van der Waals surface area (Å²) in [6.07, 6.45) is 1.39. The third-order valence-corrected chi connectivity index (χ3v) is 3.11. The number of phenolic OH excluding ortho intramolecular Hbond substituents is 1. The van der Waals surface area contributed by atoms with Crippen LogP contribution in [-0.4, -0.2) is 28.5 Å². The monoisotopic (exact) mass is 246 g/mol. The predicted octanol–water partition coefficient (Wildman–Crippen LogP) is 1.87. The molecule has 0 amide bonds. The molecule has 1 N–H and O–H groups in total. The van der Waals surface area contributed by atoms with Crippen LogP contribution in [0.25, 0.3) is 0 Å². The Balaban J connectivity index is 1.75. The third-order valence-electron chi connectivity index (χ3n) is 3.11. The lowest BCUT2D eigenvalue weighted by atomic mass is 10.1. The van der Waals surface area contributed by atoms with Crippen molar-refractivity contribution in [3.05, 3.63) is 41.5 Å². The van der Waals surface area contributed by atoms with Crippen molar-refractivity contribution in [1.29, 1.82) is 0 Å². The number of ether oxygens (including phenoxy) is 1. The third kappa shape index (κ3) is 2.22. The van der Waals surface area contributed by atoms with Gasteiger partial charge < -0.3 is 14.4 Å². The second-order valence-electron chi connectivity index (χ2n) is 4.41. The molecule has 5 heteroatoms. The average Bonchev–Trinajstić information content (AvgIpc) is 3.02. The minimum Gasteiger partial charge on any atom is -0.508 e. The molecular formula is C13H14N2O3. The van der Waals surface area contributed by atoms with Gasteiger partial charge in [-0.25, -0.2) is 0 Å². The molecule has 0 radical (unpaired) electrons. The number of hydrogen-bond acceptors (Lipinski definition) is 5. The Morgan fingerprint density at radius 3 is 3.00 bits per heavy atom. The highest BCUT2D eigenvalue weighted by molar-refractivity contribution is 5.33. The number of nitrogens with zero attached hydrogens (tertiary/aromatic N) is 2. The molecule has 1 fully saturated rings. The molecule has 3 rings (SSSR count). The first-order chi connectivity index (χ1) is 8.83. The van der Waals surface area contributed by atoms with Crippen LogP contribution in [0.2, 0.25) is 0 Å². The molecule has 0 saturated carbocycles. The van der Waals surface area contributed by atoms with Gasteiger partial charge in [-0.3, -0.25) is 0 Å². The number of phenols is 1. The first kappa shape index (κ1) is 11.2. The van der Waals surface area contributed by atoms with Crippen LogP contribution in [0, 0.1) is 0 Å². The summed E-state index contributed by atoms with van der Waals surface area (Å²) < 4.78 is 10.5. The number of hydrogen-bond donors (Lipinski definition) is 1. The maximum absolute atomic E-state index is 9.68. The lowest BCUT2D eigenvalue weighted by molar-refractivity contribution is 0.192. The summed E-state index contributed by atoms with van der Waals surface area (Å²) in [6.45, 7) is 1.42. The van der Waals surface area contributed by atoms with Crippen molar-refractivity contribution < 1.29 is 14.4 Å². The largest absolute Gasteiger partial charge is 0.508 e. The van der Waals surface area contributed by atoms with Gasteiger partial charge in [-0.2, -0.15) is 4.98 Å². The summed E-state index contributed by atoms with van der Waals surface area (Å²) >= 11 is 0. The quantitative estimate of drug-likeness (QED) is 0.895. The predicted molar refractivity (Wildman–Crippen MR) is 63.4 cm³/mol. The molecule has 1 atom stereocenters. The van der Waals surface area contributed by atoms with Crippen LogP contribution >= 0.6 is 0 Å². The molecule has 94 valence electrons. The van der Waals surface area contributed by atoms with Crippen LogP contribution in [0.3, 0.4) is 0 Å². The molecule has 2 aromatic rings. The number of aromatic nitrogens is 2. The molecular weight excluding hydrogens is 232 g/mol. The van der Waals surface area contributed by atoms with Gasteiger partial charge in [0, 0.05) is 18.1 Å². The average molecular weight is 246 g/mol. The van der Waals surface area contributed by atoms with Gasteiger partial charge >= 0.3 is 0 Å². The Bertz CT molecular complexity index is 533. The van der Waals surface area contributed by atoms with E-state index in [1.165, 1.54) is 0 Å². The first-order valence-electron chi connectivity index (χ1n) is 6.00. The summed E-state index contributed by atoms with van der Waals surface area (Å²) in [7, 11) is 0. The molecule has 1 aromatic heterocycles. The highest BCUT2D eigenvalue weighted by Crippen LogP contribution is 2.24. The SMILES string of the molecule is Oc1ccccc1Cc1nc(C2CCOC2)no1. The molecule has 1 aliphatic heterocycles. The minimum atomic E-state index is 0.242. The number of para-hydroxylation sites is 1. The van der Waals surface area contributed by atoms with Gasteiger partial charge in [0.15, 0.2) is 5.82 Å². The van der Waals surface area contributed by atoms with Gasteiger partial charge in [-0.1, -0.05) is 23.4 Å². The molecule has 1 saturated heterocycles. The van der Waals surface area contributed by atoms with Crippen molar-refractivity contribution in [2.24, 2.45) is 0 Å². The van der Waals surface area contributed by atoms with Crippen molar-refractivity contribution in [2.45, 2.75) is 18.8 Å². The van der Waals surface area contributed by atoms with Crippen LogP contribution in [0.15, 0.2) is 28.8 Å². The Hall–Kier alpha value is -1.88. The molecule has 0 bridgehead atoms. The van der Waals surface area contributed by atoms with Crippen LogP contribution in [0.4, 0.5) is 0 Å². The van der Waals surface area contributed by atoms with Gasteiger partial charge in [0.1, 0.15) is 5.75 Å². The van der Waals surface area contributed by atoms with Crippen LogP contribution in [0.1, 0.15) is 29.6 Å². The lowest BCUT2D eigenvalue weighted by Gasteiger charge is -2.00. The van der Waals surface area contributed by atoms with E-state index in [2.05, 4.69) is 10.1 Å². The van der Waals surface area contributed by atoms with Gasteiger partial charge in [0.05, 0.1) is 13.0 Å². The van der Waals surface area contributed by atoms with Crippen LogP contribution in [-0.2, 0) is 11.2 Å². The molecule has 2 heterocycles. The van der Waals surface area contributed by atoms with Gasteiger partial charge in [0.25, 0.3) is 0 Å². The highest BCUT2D eigenvalue weighted by atomic mass is 16.5. The van der Waals surface area contributed by atoms with Crippen molar-refractivity contribution >= 4 is 0 Å². The number of rotatable bonds is 3. The summed E-state index contributed by atoms with van der Waals surface area (Å²) in [6, 6.07) is 7.15. The molecule has 18 heavy (non-hydrogen) atoms. The zero-order valence-electron chi connectivity index (χ0n) is 9.87. The van der Waals surface area contributed by atoms with Crippen molar-refractivity contribution in [1.82, 2.24) is 10.1 Å². The molecule has 1 aromatic carbocycles. The normalized spacial score (nSPS) is 19.2. The van der Waals surface area contributed by atoms with E-state index >= 15 is 0 Å². The maximum atomic E-state index is 9.68. The summed E-state index contributed by atoms with van der Waals surface area (Å²) in [4.78, 5) is 4.36. The second kappa shape index (κ2) is 4.78. The number of aromatic hydroxyl groups is 1. The summed E-state index contributed by atoms with van der Waals surface area (Å²) in [5.74, 6) is 1.73. The van der Waals surface area contributed by atoms with Crippen molar-refractivity contribution in [3.63, 3.8) is 0 Å². The van der Waals surface area contributed by atoms with Gasteiger partial charge in [-0.05, 0) is 12.5 Å². The minimum absolute atomic E-state index is 0.242. The fourth-order valence-electron chi connectivity index (χ4n) is 2.07. The lowest BCUT2D eigenvalue weighted by Crippen LogP contribution is -2.00. The maximum Gasteiger partial charge on any atom is 0.231 e. The highest BCUT2D eigenvalue weighted by Gasteiger charge is 2.23. The standard InChI is InChI=1S/C13H14N2O3/c16-11-4-2-1-3-9(11)7-12-14-13(15-18-12)10-5-6-17-8-10/h1-4,10,16H,5-8H2. The number of benzene rings is 1. The van der Waals surface area contributed by atoms with E-state index in [1.54, 1.807) is 12.1 Å². The Morgan fingerprint density at radius 1 is 1.33 bits per heavy atom. The van der Waals surface area contributed by atoms with Gasteiger partial charge in [-0.15, -0.1) is 0 Å². The van der Waals surface area contributed by atoms with E-state index in [0.717, 1.165) is 18.6 Å². The van der Waals surface area contributed by atoms with E-state index in [4.69, 9.17) is 9.26 Å². The smallest absolute Gasteiger partial charge is 0.231 e. The zero-order chi connectivity index (χ0) is 12.4. The van der Waals surface area contributed by atoms with E-state index in [-0.39, 0.29) is 11.7 Å². The Labute approximate surface area is 104 Å². The van der Waals surface area contributed by atoms with Gasteiger partial charge in [0.2, 0.25) is 5.89 Å². The molecule has 0 aliphatic carbocycles. The van der Waals surface area contributed by atoms with E-state index in [1.807, 2.05) is 12.1 Å². The summed E-state index contributed by atoms with van der Waals surface area (Å²) in [5, 5.41) is 13.7. The molecule has 0 spiro atoms. The van der Waals surface area contributed by atoms with Crippen LogP contribution < -0.4 is 0 Å². The Morgan fingerprint density at radius 2 is 2.22 bits per heavy atom. The van der Waals surface area contributed by atoms with Crippen molar-refractivity contribution in [2.75, 3.05) is 13.2 Å². The fourth-order valence-corrected chi connectivity index (χ4v) is 2.07. The molecule has 5 nitrogen and oxygen atoms in total. The summed E-state index contributed by atoms with van der Waals surface area (Å²) in [5.41, 5.74) is 0.787. The molecule has 1 aliphatic rings. The zero-order valence-corrected chi connectivity index (χ0v) is 9.87. The van der Waals surface area contributed by atoms with E-state index in [9.17, 15) is 5.11 Å².